The van der Waals surface area contributed by atoms with Crippen LogP contribution in [0.5, 0.6) is 11.5 Å². The molecular formula is C23H29N3O4. The normalized spacial score (nSPS) is 14.2. The van der Waals surface area contributed by atoms with Crippen molar-refractivity contribution in [3.63, 3.8) is 0 Å². The van der Waals surface area contributed by atoms with Crippen LogP contribution >= 0.6 is 0 Å². The monoisotopic (exact) mass is 411 g/mol. The molecule has 2 aromatic carbocycles. The molecule has 3 rings (SSSR count). The van der Waals surface area contributed by atoms with Gasteiger partial charge in [-0.05, 0) is 55.2 Å². The lowest BCUT2D eigenvalue weighted by Gasteiger charge is -2.32. The van der Waals surface area contributed by atoms with Crippen LogP contribution in [0.3, 0.4) is 0 Å². The number of hydrogen-bond donors (Lipinski definition) is 2. The fourth-order valence-electron chi connectivity index (χ4n) is 3.43. The van der Waals surface area contributed by atoms with Crippen molar-refractivity contribution in [3.05, 3.63) is 48.0 Å². The van der Waals surface area contributed by atoms with Crippen molar-refractivity contribution in [2.24, 2.45) is 5.92 Å². The Kier molecular flexibility index (Phi) is 7.17. The highest BCUT2D eigenvalue weighted by Crippen LogP contribution is 2.24. The van der Waals surface area contributed by atoms with Crippen LogP contribution in [0.2, 0.25) is 0 Å². The van der Waals surface area contributed by atoms with Crippen LogP contribution in [0.4, 0.5) is 11.4 Å². The standard InChI is InChI=1S/C23H29N3O4/c1-16-8-10-26(11-9-16)19-6-4-18(5-7-19)25-22(27)15-24-23(28)17-12-20(29-2)14-21(13-17)30-3/h4-7,12-14,16H,8-11,15H2,1-3H3,(H,24,28)(H,25,27). The number of carbonyl (C=O) groups is 2. The summed E-state index contributed by atoms with van der Waals surface area (Å²) in [5.41, 5.74) is 2.23. The number of nitrogens with zero attached hydrogens (tertiary/aromatic N) is 1. The van der Waals surface area contributed by atoms with Gasteiger partial charge >= 0.3 is 0 Å². The molecule has 0 bridgehead atoms. The number of amides is 2. The molecule has 1 aliphatic heterocycles. The first-order valence-electron chi connectivity index (χ1n) is 10.1. The molecule has 7 nitrogen and oxygen atoms in total. The third-order valence-electron chi connectivity index (χ3n) is 5.32. The Morgan fingerprint density at radius 2 is 1.60 bits per heavy atom. The second-order valence-electron chi connectivity index (χ2n) is 7.55. The summed E-state index contributed by atoms with van der Waals surface area (Å²) >= 11 is 0. The lowest BCUT2D eigenvalue weighted by Crippen LogP contribution is -2.33. The molecule has 0 aromatic heterocycles. The summed E-state index contributed by atoms with van der Waals surface area (Å²) in [7, 11) is 3.03. The largest absolute Gasteiger partial charge is 0.497 e. The van der Waals surface area contributed by atoms with Gasteiger partial charge in [-0.2, -0.15) is 0 Å². The zero-order chi connectivity index (χ0) is 21.5. The topological polar surface area (TPSA) is 79.9 Å². The first kappa shape index (κ1) is 21.5. The molecule has 1 aliphatic rings. The molecule has 0 spiro atoms. The number of rotatable bonds is 7. The predicted molar refractivity (Wildman–Crippen MR) is 118 cm³/mol. The van der Waals surface area contributed by atoms with Gasteiger partial charge in [0.15, 0.2) is 0 Å². The van der Waals surface area contributed by atoms with Crippen molar-refractivity contribution in [1.82, 2.24) is 5.32 Å². The van der Waals surface area contributed by atoms with Gasteiger partial charge in [0.2, 0.25) is 5.91 Å². The van der Waals surface area contributed by atoms with E-state index in [1.165, 1.54) is 32.7 Å². The van der Waals surface area contributed by atoms with Gasteiger partial charge < -0.3 is 25.0 Å². The average molecular weight is 412 g/mol. The van der Waals surface area contributed by atoms with E-state index in [-0.39, 0.29) is 18.4 Å². The molecule has 0 saturated carbocycles. The van der Waals surface area contributed by atoms with E-state index < -0.39 is 0 Å². The van der Waals surface area contributed by atoms with Crippen molar-refractivity contribution in [2.75, 3.05) is 44.1 Å². The summed E-state index contributed by atoms with van der Waals surface area (Å²) in [6.07, 6.45) is 2.41. The highest BCUT2D eigenvalue weighted by atomic mass is 16.5. The Morgan fingerprint density at radius 3 is 2.17 bits per heavy atom. The summed E-state index contributed by atoms with van der Waals surface area (Å²) in [5.74, 6) is 1.13. The van der Waals surface area contributed by atoms with E-state index in [0.717, 1.165) is 19.0 Å². The fraction of sp³-hybridized carbons (Fsp3) is 0.391. The van der Waals surface area contributed by atoms with Crippen LogP contribution in [0.25, 0.3) is 0 Å². The zero-order valence-electron chi connectivity index (χ0n) is 17.7. The van der Waals surface area contributed by atoms with Crippen molar-refractivity contribution in [2.45, 2.75) is 19.8 Å². The van der Waals surface area contributed by atoms with Gasteiger partial charge in [0.05, 0.1) is 20.8 Å². The molecule has 0 aliphatic carbocycles. The maximum absolute atomic E-state index is 12.4. The Hall–Kier alpha value is -3.22. The lowest BCUT2D eigenvalue weighted by molar-refractivity contribution is -0.115. The second-order valence-corrected chi connectivity index (χ2v) is 7.55. The first-order chi connectivity index (χ1) is 14.5. The molecule has 30 heavy (non-hydrogen) atoms. The molecule has 1 saturated heterocycles. The van der Waals surface area contributed by atoms with Crippen LogP contribution in [-0.4, -0.2) is 45.7 Å². The van der Waals surface area contributed by atoms with E-state index in [9.17, 15) is 9.59 Å². The Balaban J connectivity index is 1.51. The number of carbonyl (C=O) groups excluding carboxylic acids is 2. The lowest BCUT2D eigenvalue weighted by atomic mass is 9.99. The molecule has 7 heteroatoms. The number of hydrogen-bond acceptors (Lipinski definition) is 5. The SMILES string of the molecule is COc1cc(OC)cc(C(=O)NCC(=O)Nc2ccc(N3CCC(C)CC3)cc2)c1. The minimum atomic E-state index is -0.378. The average Bonchev–Trinajstić information content (AvgIpc) is 2.78. The zero-order valence-corrected chi connectivity index (χ0v) is 17.7. The molecule has 2 amide bonds. The van der Waals surface area contributed by atoms with Crippen molar-refractivity contribution < 1.29 is 19.1 Å². The maximum atomic E-state index is 12.4. The first-order valence-corrected chi connectivity index (χ1v) is 10.1. The third-order valence-corrected chi connectivity index (χ3v) is 5.32. The van der Waals surface area contributed by atoms with Gasteiger partial charge in [0, 0.05) is 36.1 Å². The minimum absolute atomic E-state index is 0.135. The molecule has 0 unspecified atom stereocenters. The fourth-order valence-corrected chi connectivity index (χ4v) is 3.43. The molecule has 0 atom stereocenters. The number of methoxy groups -OCH3 is 2. The number of benzene rings is 2. The van der Waals surface area contributed by atoms with E-state index in [4.69, 9.17) is 9.47 Å². The summed E-state index contributed by atoms with van der Waals surface area (Å²) in [4.78, 5) is 27.0. The van der Waals surface area contributed by atoms with E-state index >= 15 is 0 Å². The van der Waals surface area contributed by atoms with E-state index in [2.05, 4.69) is 22.5 Å². The van der Waals surface area contributed by atoms with Crippen LogP contribution < -0.4 is 25.0 Å². The summed E-state index contributed by atoms with van der Waals surface area (Å²) < 4.78 is 10.3. The minimum Gasteiger partial charge on any atom is -0.497 e. The Labute approximate surface area is 177 Å². The van der Waals surface area contributed by atoms with Crippen LogP contribution in [-0.2, 0) is 4.79 Å². The maximum Gasteiger partial charge on any atom is 0.251 e. The van der Waals surface area contributed by atoms with Gasteiger partial charge in [-0.1, -0.05) is 6.92 Å². The second kappa shape index (κ2) is 10.0. The smallest absolute Gasteiger partial charge is 0.251 e. The van der Waals surface area contributed by atoms with E-state index in [1.807, 2.05) is 24.3 Å². The van der Waals surface area contributed by atoms with Crippen molar-refractivity contribution in [1.29, 1.82) is 0 Å². The van der Waals surface area contributed by atoms with Gasteiger partial charge in [0.25, 0.3) is 5.91 Å². The summed E-state index contributed by atoms with van der Waals surface area (Å²) in [5, 5.41) is 5.43. The van der Waals surface area contributed by atoms with Gasteiger partial charge in [0.1, 0.15) is 11.5 Å². The van der Waals surface area contributed by atoms with Crippen molar-refractivity contribution in [3.8, 4) is 11.5 Å². The molecule has 2 N–H and O–H groups in total. The number of piperidine rings is 1. The molecule has 2 aromatic rings. The Bertz CT molecular complexity index is 852. The number of ether oxygens (including phenoxy) is 2. The van der Waals surface area contributed by atoms with Crippen LogP contribution in [0, 0.1) is 5.92 Å². The molecule has 160 valence electrons. The van der Waals surface area contributed by atoms with Gasteiger partial charge in [-0.3, -0.25) is 9.59 Å². The Morgan fingerprint density at radius 1 is 1.00 bits per heavy atom. The number of anilines is 2. The summed E-state index contributed by atoms with van der Waals surface area (Å²) in [6, 6.07) is 12.7. The molecule has 0 radical (unpaired) electrons. The van der Waals surface area contributed by atoms with Gasteiger partial charge in [-0.15, -0.1) is 0 Å². The van der Waals surface area contributed by atoms with Crippen LogP contribution in [0.15, 0.2) is 42.5 Å². The number of nitrogens with one attached hydrogen (secondary N) is 2. The highest BCUT2D eigenvalue weighted by Gasteiger charge is 2.16. The van der Waals surface area contributed by atoms with E-state index in [1.54, 1.807) is 18.2 Å². The van der Waals surface area contributed by atoms with E-state index in [0.29, 0.717) is 22.7 Å². The van der Waals surface area contributed by atoms with Gasteiger partial charge in [-0.25, -0.2) is 0 Å². The third kappa shape index (κ3) is 5.65. The van der Waals surface area contributed by atoms with Crippen molar-refractivity contribution >= 4 is 23.2 Å². The molecular weight excluding hydrogens is 382 g/mol. The summed E-state index contributed by atoms with van der Waals surface area (Å²) in [6.45, 7) is 4.28. The highest BCUT2D eigenvalue weighted by molar-refractivity contribution is 5.99. The van der Waals surface area contributed by atoms with Crippen LogP contribution in [0.1, 0.15) is 30.1 Å². The molecule has 1 fully saturated rings. The predicted octanol–water partition coefficient (Wildman–Crippen LogP) is 3.31. The quantitative estimate of drug-likeness (QED) is 0.731. The molecule has 1 heterocycles.